The monoisotopic (exact) mass is 441 g/mol. The third-order valence-electron chi connectivity index (χ3n) is 5.95. The van der Waals surface area contributed by atoms with Crippen molar-refractivity contribution in [1.82, 2.24) is 15.0 Å². The molecule has 4 heterocycles. The van der Waals surface area contributed by atoms with Crippen molar-refractivity contribution in [3.63, 3.8) is 0 Å². The summed E-state index contributed by atoms with van der Waals surface area (Å²) in [7, 11) is 0. The maximum absolute atomic E-state index is 13.7. The Hall–Kier alpha value is -2.05. The molecule has 2 aromatic rings. The molecule has 3 fully saturated rings. The van der Waals surface area contributed by atoms with Crippen molar-refractivity contribution >= 4 is 0 Å². The topological polar surface area (TPSA) is 87.9 Å². The summed E-state index contributed by atoms with van der Waals surface area (Å²) in [5.74, 6) is -6.37. The van der Waals surface area contributed by atoms with Crippen LogP contribution in [0.15, 0.2) is 18.3 Å². The van der Waals surface area contributed by atoms with Crippen molar-refractivity contribution in [2.24, 2.45) is 0 Å². The minimum atomic E-state index is -1.56. The van der Waals surface area contributed by atoms with Gasteiger partial charge < -0.3 is 24.1 Å². The molecule has 1 aromatic carbocycles. The van der Waals surface area contributed by atoms with Crippen LogP contribution in [0.5, 0.6) is 0 Å². The maximum Gasteiger partial charge on any atom is 0.197 e. The van der Waals surface area contributed by atoms with Crippen molar-refractivity contribution in [1.29, 1.82) is 0 Å². The lowest BCUT2D eigenvalue weighted by molar-refractivity contribution is -0.399. The standard InChI is InChI=1S/C20H22F3N3O5/c1-19(2)29-9-14-17(31-19)16(18(27)20(30-14)4-3-5-28-20)26-8-13(24-25-26)10-6-11(21)15(23)12(22)7-10/h6-8,14,16-18,27H,3-5,9H2,1-2H3/t14-,16+,17?,18-,20+/m1/s1. The Kier molecular flexibility index (Phi) is 4.87. The molecule has 3 saturated heterocycles. The van der Waals surface area contributed by atoms with Crippen molar-refractivity contribution < 1.29 is 37.2 Å². The molecule has 31 heavy (non-hydrogen) atoms. The minimum absolute atomic E-state index is 0.0146. The van der Waals surface area contributed by atoms with Gasteiger partial charge in [0.2, 0.25) is 0 Å². The van der Waals surface area contributed by atoms with E-state index in [2.05, 4.69) is 10.3 Å². The molecule has 0 radical (unpaired) electrons. The number of halogens is 3. The Morgan fingerprint density at radius 2 is 1.87 bits per heavy atom. The number of aromatic nitrogens is 3. The largest absolute Gasteiger partial charge is 0.385 e. The summed E-state index contributed by atoms with van der Waals surface area (Å²) in [5.41, 5.74) is 0.126. The molecular formula is C20H22F3N3O5. The molecule has 0 aliphatic carbocycles. The van der Waals surface area contributed by atoms with E-state index in [1.54, 1.807) is 13.8 Å². The highest BCUT2D eigenvalue weighted by Gasteiger charge is 2.60. The first-order valence-corrected chi connectivity index (χ1v) is 10.1. The summed E-state index contributed by atoms with van der Waals surface area (Å²) >= 11 is 0. The van der Waals surface area contributed by atoms with Gasteiger partial charge in [0.1, 0.15) is 30.0 Å². The predicted octanol–water partition coefficient (Wildman–Crippen LogP) is 2.32. The number of aliphatic hydroxyl groups is 1. The van der Waals surface area contributed by atoms with Crippen LogP contribution in [0.25, 0.3) is 11.3 Å². The Bertz CT molecular complexity index is 971. The fourth-order valence-corrected chi connectivity index (χ4v) is 4.49. The third-order valence-corrected chi connectivity index (χ3v) is 5.95. The van der Waals surface area contributed by atoms with Crippen LogP contribution in [0, 0.1) is 17.5 Å². The molecule has 168 valence electrons. The van der Waals surface area contributed by atoms with Gasteiger partial charge >= 0.3 is 0 Å². The first-order chi connectivity index (χ1) is 14.7. The van der Waals surface area contributed by atoms with Gasteiger partial charge in [0.15, 0.2) is 29.0 Å². The van der Waals surface area contributed by atoms with Crippen LogP contribution in [-0.2, 0) is 18.9 Å². The summed E-state index contributed by atoms with van der Waals surface area (Å²) in [4.78, 5) is 0. The smallest absolute Gasteiger partial charge is 0.197 e. The van der Waals surface area contributed by atoms with Crippen LogP contribution < -0.4 is 0 Å². The fraction of sp³-hybridized carbons (Fsp3) is 0.600. The summed E-state index contributed by atoms with van der Waals surface area (Å²) in [6, 6.07) is 0.911. The van der Waals surface area contributed by atoms with E-state index in [-0.39, 0.29) is 17.9 Å². The Balaban J connectivity index is 1.53. The van der Waals surface area contributed by atoms with Crippen LogP contribution in [-0.4, -0.2) is 63.2 Å². The van der Waals surface area contributed by atoms with Gasteiger partial charge in [-0.25, -0.2) is 17.9 Å². The van der Waals surface area contributed by atoms with Gasteiger partial charge in [0.05, 0.1) is 19.4 Å². The van der Waals surface area contributed by atoms with Gasteiger partial charge in [-0.2, -0.15) is 0 Å². The second-order valence-corrected chi connectivity index (χ2v) is 8.49. The molecule has 1 aromatic heterocycles. The highest BCUT2D eigenvalue weighted by molar-refractivity contribution is 5.57. The zero-order valence-corrected chi connectivity index (χ0v) is 16.9. The lowest BCUT2D eigenvalue weighted by Gasteiger charge is -2.53. The number of hydrogen-bond acceptors (Lipinski definition) is 7. The molecular weight excluding hydrogens is 419 g/mol. The third kappa shape index (κ3) is 3.44. The minimum Gasteiger partial charge on any atom is -0.385 e. The second kappa shape index (κ2) is 7.24. The molecule has 3 aliphatic heterocycles. The molecule has 5 rings (SSSR count). The molecule has 1 unspecified atom stereocenters. The van der Waals surface area contributed by atoms with E-state index < -0.39 is 53.4 Å². The van der Waals surface area contributed by atoms with E-state index in [0.717, 1.165) is 12.1 Å². The van der Waals surface area contributed by atoms with E-state index in [1.165, 1.54) is 10.9 Å². The molecule has 0 saturated carbocycles. The second-order valence-electron chi connectivity index (χ2n) is 8.49. The van der Waals surface area contributed by atoms with Gasteiger partial charge in [-0.3, -0.25) is 0 Å². The number of benzene rings is 1. The van der Waals surface area contributed by atoms with E-state index in [1.807, 2.05) is 0 Å². The van der Waals surface area contributed by atoms with Gasteiger partial charge in [0.25, 0.3) is 0 Å². The van der Waals surface area contributed by atoms with Crippen LogP contribution >= 0.6 is 0 Å². The van der Waals surface area contributed by atoms with Gasteiger partial charge in [-0.15, -0.1) is 5.10 Å². The van der Waals surface area contributed by atoms with Crippen LogP contribution in [0.4, 0.5) is 13.2 Å². The quantitative estimate of drug-likeness (QED) is 0.716. The summed E-state index contributed by atoms with van der Waals surface area (Å²) < 4.78 is 65.7. The molecule has 3 aliphatic rings. The lowest BCUT2D eigenvalue weighted by Crippen LogP contribution is -2.66. The van der Waals surface area contributed by atoms with E-state index in [9.17, 15) is 18.3 Å². The molecule has 1 N–H and O–H groups in total. The van der Waals surface area contributed by atoms with Gasteiger partial charge in [-0.05, 0) is 32.4 Å². The average molecular weight is 441 g/mol. The number of hydrogen-bond donors (Lipinski definition) is 1. The van der Waals surface area contributed by atoms with Crippen LogP contribution in [0.1, 0.15) is 32.7 Å². The van der Waals surface area contributed by atoms with Gasteiger partial charge in [-0.1, -0.05) is 5.21 Å². The highest BCUT2D eigenvalue weighted by Crippen LogP contribution is 2.46. The van der Waals surface area contributed by atoms with Crippen molar-refractivity contribution in [2.75, 3.05) is 13.2 Å². The lowest BCUT2D eigenvalue weighted by atomic mass is 9.88. The molecule has 5 atom stereocenters. The van der Waals surface area contributed by atoms with Gasteiger partial charge in [0, 0.05) is 12.0 Å². The van der Waals surface area contributed by atoms with E-state index in [0.29, 0.717) is 19.4 Å². The maximum atomic E-state index is 13.7. The Labute approximate surface area is 175 Å². The number of fused-ring (bicyclic) bond motifs is 1. The van der Waals surface area contributed by atoms with Crippen molar-refractivity contribution in [3.05, 3.63) is 35.8 Å². The SMILES string of the molecule is CC1(C)OC[C@H]2O[C@@]3(CCCO3)[C@H](O)[C@@H](n3cc(-c4cc(F)c(F)c(F)c4)nn3)C2O1. The fourth-order valence-electron chi connectivity index (χ4n) is 4.49. The molecule has 1 spiro atoms. The zero-order valence-electron chi connectivity index (χ0n) is 16.9. The summed E-state index contributed by atoms with van der Waals surface area (Å²) in [6.45, 7) is 4.16. The summed E-state index contributed by atoms with van der Waals surface area (Å²) in [5, 5.41) is 19.3. The summed E-state index contributed by atoms with van der Waals surface area (Å²) in [6.07, 6.45) is 0.286. The van der Waals surface area contributed by atoms with Crippen molar-refractivity contribution in [3.8, 4) is 11.3 Å². The zero-order chi connectivity index (χ0) is 22.0. The first kappa shape index (κ1) is 20.8. The number of ether oxygens (including phenoxy) is 4. The predicted molar refractivity (Wildman–Crippen MR) is 98.1 cm³/mol. The molecule has 0 bridgehead atoms. The number of aliphatic hydroxyl groups excluding tert-OH is 1. The van der Waals surface area contributed by atoms with E-state index in [4.69, 9.17) is 18.9 Å². The molecule has 0 amide bonds. The number of nitrogens with zero attached hydrogens (tertiary/aromatic N) is 3. The molecule has 8 nitrogen and oxygen atoms in total. The average Bonchev–Trinajstić information content (AvgIpc) is 3.38. The first-order valence-electron chi connectivity index (χ1n) is 10.1. The number of rotatable bonds is 2. The van der Waals surface area contributed by atoms with Crippen molar-refractivity contribution in [2.45, 2.75) is 62.6 Å². The Morgan fingerprint density at radius 1 is 1.13 bits per heavy atom. The normalized spacial score (nSPS) is 34.8. The van der Waals surface area contributed by atoms with E-state index >= 15 is 0 Å². The Morgan fingerprint density at radius 3 is 2.55 bits per heavy atom. The molecule has 11 heteroatoms. The van der Waals surface area contributed by atoms with Crippen LogP contribution in [0.3, 0.4) is 0 Å². The highest BCUT2D eigenvalue weighted by atomic mass is 19.2. The van der Waals surface area contributed by atoms with Crippen LogP contribution in [0.2, 0.25) is 0 Å².